The molecule has 0 atom stereocenters. The van der Waals surface area contributed by atoms with Gasteiger partial charge in [0.1, 0.15) is 5.82 Å². The number of amides is 3. The van der Waals surface area contributed by atoms with Gasteiger partial charge in [-0.2, -0.15) is 5.10 Å². The second-order valence-electron chi connectivity index (χ2n) is 13.9. The van der Waals surface area contributed by atoms with Crippen molar-refractivity contribution in [1.82, 2.24) is 14.7 Å². The first-order chi connectivity index (χ1) is 21.4. The van der Waals surface area contributed by atoms with Crippen LogP contribution in [0.3, 0.4) is 0 Å². The van der Waals surface area contributed by atoms with Crippen molar-refractivity contribution in [2.75, 3.05) is 23.7 Å². The number of piperidine rings is 1. The van der Waals surface area contributed by atoms with Crippen LogP contribution in [0, 0.1) is 18.8 Å². The number of benzene rings is 3. The number of aryl methyl sites for hydroxylation is 1. The van der Waals surface area contributed by atoms with E-state index in [1.54, 1.807) is 4.68 Å². The van der Waals surface area contributed by atoms with Crippen molar-refractivity contribution in [3.63, 3.8) is 0 Å². The summed E-state index contributed by atoms with van der Waals surface area (Å²) >= 11 is 0. The maximum absolute atomic E-state index is 13.2. The van der Waals surface area contributed by atoms with Gasteiger partial charge < -0.3 is 10.2 Å². The number of aromatic nitrogens is 2. The van der Waals surface area contributed by atoms with E-state index in [0.717, 1.165) is 67.0 Å². The summed E-state index contributed by atoms with van der Waals surface area (Å²) < 4.78 is 1.79. The van der Waals surface area contributed by atoms with Crippen LogP contribution in [0.1, 0.15) is 80.2 Å². The first-order valence-corrected chi connectivity index (χ1v) is 16.2. The molecule has 0 unspecified atom stereocenters. The number of carbonyl (C=O) groups excluding carboxylic acids is 2. The van der Waals surface area contributed by atoms with Crippen molar-refractivity contribution in [1.29, 1.82) is 0 Å². The summed E-state index contributed by atoms with van der Waals surface area (Å²) in [5, 5.41) is 10.8. The number of hydrogen-bond acceptors (Lipinski definition) is 3. The Kier molecular flexibility index (Phi) is 9.76. The third-order valence-corrected chi connectivity index (χ3v) is 8.45. The molecule has 45 heavy (non-hydrogen) atoms. The summed E-state index contributed by atoms with van der Waals surface area (Å²) in [4.78, 5) is 28.3. The van der Waals surface area contributed by atoms with Gasteiger partial charge in [0.25, 0.3) is 5.91 Å². The number of anilines is 2. The number of likely N-dealkylation sites (tertiary alicyclic amines) is 1. The highest BCUT2D eigenvalue weighted by molar-refractivity contribution is 5.99. The van der Waals surface area contributed by atoms with Crippen LogP contribution in [0.15, 0.2) is 78.9 Å². The van der Waals surface area contributed by atoms with Crippen LogP contribution < -0.4 is 10.6 Å². The van der Waals surface area contributed by atoms with Gasteiger partial charge >= 0.3 is 6.03 Å². The minimum absolute atomic E-state index is 0.125. The maximum atomic E-state index is 13.2. The summed E-state index contributed by atoms with van der Waals surface area (Å²) in [5.74, 6) is 1.83. The quantitative estimate of drug-likeness (QED) is 0.212. The molecule has 0 aliphatic carbocycles. The molecule has 0 bridgehead atoms. The fraction of sp³-hybridized carbons (Fsp3) is 0.395. The van der Waals surface area contributed by atoms with E-state index in [1.165, 1.54) is 11.1 Å². The van der Waals surface area contributed by atoms with Crippen molar-refractivity contribution in [3.05, 3.63) is 107 Å². The van der Waals surface area contributed by atoms with Gasteiger partial charge in [-0.1, -0.05) is 76.6 Å². The number of nitrogens with one attached hydrogen (secondary N) is 2. The van der Waals surface area contributed by atoms with Gasteiger partial charge in [0.2, 0.25) is 0 Å². The van der Waals surface area contributed by atoms with Crippen LogP contribution in [0.5, 0.6) is 0 Å². The average molecular weight is 606 g/mol. The Hall–Kier alpha value is -4.39. The maximum Gasteiger partial charge on any atom is 0.324 e. The van der Waals surface area contributed by atoms with E-state index in [4.69, 9.17) is 5.10 Å². The number of rotatable bonds is 8. The van der Waals surface area contributed by atoms with Crippen molar-refractivity contribution < 1.29 is 9.59 Å². The van der Waals surface area contributed by atoms with E-state index in [9.17, 15) is 9.59 Å². The molecule has 2 N–H and O–H groups in total. The van der Waals surface area contributed by atoms with E-state index in [2.05, 4.69) is 63.5 Å². The normalized spacial score (nSPS) is 14.1. The lowest BCUT2D eigenvalue weighted by atomic mass is 9.89. The number of urea groups is 1. The van der Waals surface area contributed by atoms with Crippen molar-refractivity contribution in [3.8, 4) is 5.69 Å². The zero-order valence-corrected chi connectivity index (χ0v) is 27.6. The van der Waals surface area contributed by atoms with Crippen LogP contribution in [-0.2, 0) is 18.3 Å². The Balaban J connectivity index is 1.17. The molecule has 0 saturated carbocycles. The molecule has 0 radical (unpaired) electrons. The average Bonchev–Trinajstić information content (AvgIpc) is 3.42. The first-order valence-electron chi connectivity index (χ1n) is 16.2. The Bertz CT molecular complexity index is 1610. The fourth-order valence-electron chi connectivity index (χ4n) is 5.89. The molecule has 1 aliphatic rings. The molecule has 3 aromatic carbocycles. The van der Waals surface area contributed by atoms with Crippen LogP contribution in [-0.4, -0.2) is 39.7 Å². The van der Waals surface area contributed by atoms with Gasteiger partial charge in [-0.15, -0.1) is 0 Å². The van der Waals surface area contributed by atoms with Gasteiger partial charge in [-0.05, 0) is 92.0 Å². The van der Waals surface area contributed by atoms with Gasteiger partial charge in [-0.25, -0.2) is 9.48 Å². The SMILES string of the molecule is Cc1ccc(-n2nc(C(C)(C)C)cc2NC(=O)Nc2cccc(CC3CCN(C(=O)c4ccc(CC(C)C)cc4)CC3)c2)cc1. The first kappa shape index (κ1) is 32.0. The van der Waals surface area contributed by atoms with E-state index in [-0.39, 0.29) is 17.4 Å². The third-order valence-electron chi connectivity index (χ3n) is 8.45. The molecule has 5 rings (SSSR count). The Morgan fingerprint density at radius 1 is 0.889 bits per heavy atom. The zero-order chi connectivity index (χ0) is 32.1. The van der Waals surface area contributed by atoms with E-state index < -0.39 is 0 Å². The summed E-state index contributed by atoms with van der Waals surface area (Å²) in [6.45, 7) is 14.3. The van der Waals surface area contributed by atoms with Gasteiger partial charge in [-0.3, -0.25) is 10.1 Å². The second kappa shape index (κ2) is 13.7. The Morgan fingerprint density at radius 3 is 2.22 bits per heavy atom. The number of hydrogen-bond donors (Lipinski definition) is 2. The van der Waals surface area contributed by atoms with Crippen molar-refractivity contribution >= 4 is 23.4 Å². The van der Waals surface area contributed by atoms with E-state index >= 15 is 0 Å². The summed E-state index contributed by atoms with van der Waals surface area (Å²) in [7, 11) is 0. The van der Waals surface area contributed by atoms with Crippen molar-refractivity contribution in [2.45, 2.75) is 72.6 Å². The van der Waals surface area contributed by atoms with Crippen LogP contribution in [0.2, 0.25) is 0 Å². The predicted octanol–water partition coefficient (Wildman–Crippen LogP) is 8.42. The Labute approximate surface area is 268 Å². The molecule has 7 nitrogen and oxygen atoms in total. The third kappa shape index (κ3) is 8.41. The molecular weight excluding hydrogens is 558 g/mol. The minimum atomic E-state index is -0.315. The lowest BCUT2D eigenvalue weighted by Gasteiger charge is -2.32. The van der Waals surface area contributed by atoms with Crippen LogP contribution in [0.25, 0.3) is 5.69 Å². The highest BCUT2D eigenvalue weighted by Gasteiger charge is 2.25. The molecule has 1 fully saturated rings. The minimum Gasteiger partial charge on any atom is -0.339 e. The Morgan fingerprint density at radius 2 is 1.58 bits per heavy atom. The summed E-state index contributed by atoms with van der Waals surface area (Å²) in [6, 6.07) is 25.9. The largest absolute Gasteiger partial charge is 0.339 e. The van der Waals surface area contributed by atoms with Gasteiger partial charge in [0.05, 0.1) is 11.4 Å². The molecule has 7 heteroatoms. The smallest absolute Gasteiger partial charge is 0.324 e. The topological polar surface area (TPSA) is 79.3 Å². The number of nitrogens with zero attached hydrogens (tertiary/aromatic N) is 3. The van der Waals surface area contributed by atoms with Crippen molar-refractivity contribution in [2.24, 2.45) is 11.8 Å². The molecule has 4 aromatic rings. The molecule has 1 aromatic heterocycles. The summed E-state index contributed by atoms with van der Waals surface area (Å²) in [6.07, 6.45) is 3.88. The lowest BCUT2D eigenvalue weighted by Crippen LogP contribution is -2.38. The zero-order valence-electron chi connectivity index (χ0n) is 27.6. The molecule has 1 aliphatic heterocycles. The standard InChI is InChI=1S/C38H47N5O2/c1-26(2)22-28-12-14-31(15-13-28)36(44)42-20-18-29(19-21-42)23-30-8-7-9-32(24-30)39-37(45)40-35-25-34(38(4,5)6)41-43(35)33-16-10-27(3)11-17-33/h7-17,24-26,29H,18-23H2,1-6H3,(H2,39,40,45). The van der Waals surface area contributed by atoms with Gasteiger partial charge in [0, 0.05) is 35.8 Å². The van der Waals surface area contributed by atoms with Crippen LogP contribution in [0.4, 0.5) is 16.3 Å². The molecule has 1 saturated heterocycles. The summed E-state index contributed by atoms with van der Waals surface area (Å²) in [5.41, 5.74) is 6.75. The molecular formula is C38H47N5O2. The van der Waals surface area contributed by atoms with E-state index in [0.29, 0.717) is 17.7 Å². The highest BCUT2D eigenvalue weighted by Crippen LogP contribution is 2.28. The molecule has 3 amide bonds. The second-order valence-corrected chi connectivity index (χ2v) is 13.9. The predicted molar refractivity (Wildman–Crippen MR) is 183 cm³/mol. The molecule has 0 spiro atoms. The lowest BCUT2D eigenvalue weighted by molar-refractivity contribution is 0.0690. The van der Waals surface area contributed by atoms with Gasteiger partial charge in [0.15, 0.2) is 0 Å². The van der Waals surface area contributed by atoms with E-state index in [1.807, 2.05) is 72.5 Å². The van der Waals surface area contributed by atoms with Crippen LogP contribution >= 0.6 is 0 Å². The molecule has 2 heterocycles. The fourth-order valence-corrected chi connectivity index (χ4v) is 5.89. The monoisotopic (exact) mass is 605 g/mol. The molecule has 236 valence electrons. The number of carbonyl (C=O) groups is 2. The highest BCUT2D eigenvalue weighted by atomic mass is 16.2.